The van der Waals surface area contributed by atoms with Gasteiger partial charge in [0.15, 0.2) is 0 Å². The van der Waals surface area contributed by atoms with Gasteiger partial charge in [-0.25, -0.2) is 0 Å². The van der Waals surface area contributed by atoms with Crippen LogP contribution in [0.2, 0.25) is 0 Å². The van der Waals surface area contributed by atoms with Gasteiger partial charge in [-0.1, -0.05) is 20.8 Å². The summed E-state index contributed by atoms with van der Waals surface area (Å²) in [4.78, 5) is 12.2. The van der Waals surface area contributed by atoms with E-state index >= 15 is 0 Å². The molecule has 35 heavy (non-hydrogen) atoms. The molecule has 1 amide bonds. The maximum absolute atomic E-state index is 12.2. The van der Waals surface area contributed by atoms with Gasteiger partial charge < -0.3 is 20.6 Å². The predicted octanol–water partition coefficient (Wildman–Crippen LogP) is 2.37. The highest BCUT2D eigenvalue weighted by atomic mass is 32.2. The first-order chi connectivity index (χ1) is 16.3. The Morgan fingerprint density at radius 1 is 1.06 bits per heavy atom. The lowest BCUT2D eigenvalue weighted by Gasteiger charge is -2.63. The molecular formula is C26H45NO7S. The van der Waals surface area contributed by atoms with Crippen molar-refractivity contribution in [2.24, 2.45) is 46.3 Å². The monoisotopic (exact) mass is 515 g/mol. The van der Waals surface area contributed by atoms with Crippen molar-refractivity contribution >= 4 is 16.0 Å². The maximum Gasteiger partial charge on any atom is 0.266 e. The smallest absolute Gasteiger partial charge is 0.266 e. The van der Waals surface area contributed by atoms with Crippen molar-refractivity contribution < 1.29 is 33.1 Å². The van der Waals surface area contributed by atoms with Crippen molar-refractivity contribution in [3.05, 3.63) is 0 Å². The molecule has 0 spiro atoms. The first kappa shape index (κ1) is 27.3. The lowest BCUT2D eigenvalue weighted by Crippen LogP contribution is -2.62. The van der Waals surface area contributed by atoms with Gasteiger partial charge in [-0.3, -0.25) is 9.35 Å². The second-order valence-corrected chi connectivity index (χ2v) is 14.2. The molecule has 0 aromatic heterocycles. The summed E-state index contributed by atoms with van der Waals surface area (Å²) in [6.07, 6.45) is 5.67. The SMILES string of the molecule is CC(CCC(=O)NCCS(=O)(=O)O)[C@H]1CC[C@H]2[C@@H]3[C@H](O)C[C@@H]4C[C@H](O)CCC4(C)[C@H]3C[C@H](O)C12C. The zero-order valence-electron chi connectivity index (χ0n) is 21.4. The Morgan fingerprint density at radius 3 is 2.46 bits per heavy atom. The fourth-order valence-electron chi connectivity index (χ4n) is 9.10. The number of aliphatic hydroxyl groups is 3. The number of amides is 1. The van der Waals surface area contributed by atoms with E-state index in [-0.39, 0.29) is 65.4 Å². The Bertz CT molecular complexity index is 896. The van der Waals surface area contributed by atoms with Crippen LogP contribution in [0.1, 0.15) is 78.6 Å². The zero-order chi connectivity index (χ0) is 25.8. The Hall–Kier alpha value is -0.740. The second-order valence-electron chi connectivity index (χ2n) is 12.7. The van der Waals surface area contributed by atoms with Gasteiger partial charge in [0.05, 0.1) is 24.1 Å². The number of hydrogen-bond donors (Lipinski definition) is 5. The topological polar surface area (TPSA) is 144 Å². The van der Waals surface area contributed by atoms with Crippen molar-refractivity contribution in [3.63, 3.8) is 0 Å². The molecule has 0 aliphatic heterocycles. The number of aliphatic hydroxyl groups excluding tert-OH is 3. The van der Waals surface area contributed by atoms with E-state index < -0.39 is 28.1 Å². The lowest BCUT2D eigenvalue weighted by molar-refractivity contribution is -0.207. The highest BCUT2D eigenvalue weighted by Crippen LogP contribution is 2.68. The van der Waals surface area contributed by atoms with Crippen molar-refractivity contribution in [3.8, 4) is 0 Å². The van der Waals surface area contributed by atoms with Gasteiger partial charge in [-0.2, -0.15) is 8.42 Å². The van der Waals surface area contributed by atoms with Crippen LogP contribution in [0.5, 0.6) is 0 Å². The van der Waals surface area contributed by atoms with Crippen LogP contribution in [-0.4, -0.2) is 64.8 Å². The van der Waals surface area contributed by atoms with E-state index in [1.807, 2.05) is 0 Å². The summed E-state index contributed by atoms with van der Waals surface area (Å²) in [5.74, 6) is 0.705. The van der Waals surface area contributed by atoms with Gasteiger partial charge in [-0.05, 0) is 97.7 Å². The normalized spacial score (nSPS) is 46.3. The van der Waals surface area contributed by atoms with Crippen LogP contribution in [0.4, 0.5) is 0 Å². The summed E-state index contributed by atoms with van der Waals surface area (Å²) in [5.41, 5.74) is -0.254. The fraction of sp³-hybridized carbons (Fsp3) is 0.962. The third kappa shape index (κ3) is 5.05. The molecule has 0 heterocycles. The van der Waals surface area contributed by atoms with Crippen molar-refractivity contribution in [1.82, 2.24) is 5.32 Å². The summed E-state index contributed by atoms with van der Waals surface area (Å²) in [6.45, 7) is 6.56. The van der Waals surface area contributed by atoms with Crippen LogP contribution in [0.25, 0.3) is 0 Å². The van der Waals surface area contributed by atoms with E-state index in [4.69, 9.17) is 4.55 Å². The summed E-state index contributed by atoms with van der Waals surface area (Å²) < 4.78 is 30.5. The number of hydrogen-bond acceptors (Lipinski definition) is 6. The molecule has 0 saturated heterocycles. The van der Waals surface area contributed by atoms with Crippen molar-refractivity contribution in [2.45, 2.75) is 96.9 Å². The molecular weight excluding hydrogens is 470 g/mol. The van der Waals surface area contributed by atoms with E-state index in [2.05, 4.69) is 26.1 Å². The molecule has 5 N–H and O–H groups in total. The Kier molecular flexibility index (Phi) is 7.69. The second kappa shape index (κ2) is 9.86. The van der Waals surface area contributed by atoms with Crippen LogP contribution < -0.4 is 5.32 Å². The van der Waals surface area contributed by atoms with Gasteiger partial charge in [-0.15, -0.1) is 0 Å². The van der Waals surface area contributed by atoms with Crippen molar-refractivity contribution in [1.29, 1.82) is 0 Å². The lowest BCUT2D eigenvalue weighted by atomic mass is 9.43. The summed E-state index contributed by atoms with van der Waals surface area (Å²) in [5, 5.41) is 35.8. The Morgan fingerprint density at radius 2 is 1.77 bits per heavy atom. The first-order valence-corrected chi connectivity index (χ1v) is 15.1. The van der Waals surface area contributed by atoms with Crippen LogP contribution in [-0.2, 0) is 14.9 Å². The minimum Gasteiger partial charge on any atom is -0.393 e. The molecule has 202 valence electrons. The van der Waals surface area contributed by atoms with Crippen LogP contribution >= 0.6 is 0 Å². The third-order valence-electron chi connectivity index (χ3n) is 11.0. The Balaban J connectivity index is 1.43. The summed E-state index contributed by atoms with van der Waals surface area (Å²) in [6, 6.07) is 0. The molecule has 9 heteroatoms. The molecule has 4 fully saturated rings. The number of carbonyl (C=O) groups is 1. The third-order valence-corrected chi connectivity index (χ3v) is 11.7. The fourth-order valence-corrected chi connectivity index (χ4v) is 9.46. The number of carbonyl (C=O) groups excluding carboxylic acids is 1. The molecule has 0 aromatic rings. The minimum absolute atomic E-state index is 0.0509. The molecule has 0 radical (unpaired) electrons. The average Bonchev–Trinajstić information content (AvgIpc) is 3.12. The summed E-state index contributed by atoms with van der Waals surface area (Å²) in [7, 11) is -4.10. The molecule has 4 aliphatic carbocycles. The largest absolute Gasteiger partial charge is 0.393 e. The maximum atomic E-state index is 12.2. The molecule has 8 nitrogen and oxygen atoms in total. The zero-order valence-corrected chi connectivity index (χ0v) is 22.2. The average molecular weight is 516 g/mol. The molecule has 11 atom stereocenters. The van der Waals surface area contributed by atoms with E-state index in [1.165, 1.54) is 0 Å². The van der Waals surface area contributed by atoms with Gasteiger partial charge >= 0.3 is 0 Å². The standard InChI is InChI=1S/C26H45NO7S/c1-15(4-7-23(31)27-10-11-35(32,33)34)18-5-6-19-24-20(14-22(30)26(18,19)3)25(2)9-8-17(28)12-16(25)13-21(24)29/h15-22,24,28-30H,4-14H2,1-3H3,(H,27,31)(H,32,33,34)/t15?,16-,17+,18+,19-,20-,21+,22-,24-,25?,26?/m0/s1. The number of nitrogens with one attached hydrogen (secondary N) is 1. The molecule has 0 bridgehead atoms. The molecule has 4 rings (SSSR count). The van der Waals surface area contributed by atoms with Crippen LogP contribution in [0.3, 0.4) is 0 Å². The highest BCUT2D eigenvalue weighted by molar-refractivity contribution is 7.85. The Labute approximate surface area is 210 Å². The van der Waals surface area contributed by atoms with Crippen LogP contribution in [0, 0.1) is 46.3 Å². The molecule has 3 unspecified atom stereocenters. The molecule has 4 aliphatic rings. The quantitative estimate of drug-likeness (QED) is 0.327. The van der Waals surface area contributed by atoms with Gasteiger partial charge in [0.2, 0.25) is 5.91 Å². The van der Waals surface area contributed by atoms with Crippen molar-refractivity contribution in [2.75, 3.05) is 12.3 Å². The highest BCUT2D eigenvalue weighted by Gasteiger charge is 2.65. The predicted molar refractivity (Wildman–Crippen MR) is 132 cm³/mol. The van der Waals surface area contributed by atoms with E-state index in [9.17, 15) is 28.5 Å². The first-order valence-electron chi connectivity index (χ1n) is 13.5. The van der Waals surface area contributed by atoms with E-state index in [0.29, 0.717) is 18.8 Å². The minimum atomic E-state index is -4.10. The summed E-state index contributed by atoms with van der Waals surface area (Å²) >= 11 is 0. The number of rotatable bonds is 7. The van der Waals surface area contributed by atoms with Gasteiger partial charge in [0, 0.05) is 13.0 Å². The number of fused-ring (bicyclic) bond motifs is 5. The van der Waals surface area contributed by atoms with Gasteiger partial charge in [0.1, 0.15) is 0 Å². The molecule has 4 saturated carbocycles. The van der Waals surface area contributed by atoms with Gasteiger partial charge in [0.25, 0.3) is 10.1 Å². The van der Waals surface area contributed by atoms with E-state index in [0.717, 1.165) is 38.5 Å². The molecule has 0 aromatic carbocycles. The van der Waals surface area contributed by atoms with E-state index in [1.54, 1.807) is 0 Å². The van der Waals surface area contributed by atoms with Crippen LogP contribution in [0.15, 0.2) is 0 Å².